The van der Waals surface area contributed by atoms with Crippen LogP contribution in [0.2, 0.25) is 0 Å². The molecule has 18 heavy (non-hydrogen) atoms. The van der Waals surface area contributed by atoms with Gasteiger partial charge in [0.25, 0.3) is 11.5 Å². The number of Topliss-reactive ketones (excluding diaryl/α,β-unsaturated/α-hetero) is 1. The Morgan fingerprint density at radius 1 is 1.50 bits per heavy atom. The lowest BCUT2D eigenvalue weighted by atomic mass is 10.1. The van der Waals surface area contributed by atoms with Gasteiger partial charge in [-0.1, -0.05) is 0 Å². The summed E-state index contributed by atoms with van der Waals surface area (Å²) in [6.45, 7) is 1.35. The minimum absolute atomic E-state index is 0.0945. The Balaban J connectivity index is 3.27. The van der Waals surface area contributed by atoms with Crippen LogP contribution < -0.4 is 0 Å². The average molecular weight is 257 g/mol. The number of aromatic hydroxyl groups is 1. The van der Waals surface area contributed by atoms with Crippen LogP contribution in [0.5, 0.6) is 5.75 Å². The maximum atomic E-state index is 13.2. The second-order valence-electron chi connectivity index (χ2n) is 3.13. The number of nitro groups is 1. The second-order valence-corrected chi connectivity index (χ2v) is 3.13. The van der Waals surface area contributed by atoms with E-state index in [1.54, 1.807) is 0 Å². The summed E-state index contributed by atoms with van der Waals surface area (Å²) in [5, 5.41) is 19.7. The minimum Gasteiger partial charge on any atom is -0.504 e. The van der Waals surface area contributed by atoms with E-state index in [2.05, 4.69) is 4.74 Å². The van der Waals surface area contributed by atoms with Gasteiger partial charge >= 0.3 is 5.97 Å². The van der Waals surface area contributed by atoms with Gasteiger partial charge in [0.15, 0.2) is 11.6 Å². The molecule has 1 aromatic carbocycles. The molecule has 0 saturated heterocycles. The molecule has 8 heteroatoms. The predicted octanol–water partition coefficient (Wildman–Crippen LogP) is 1.19. The number of carbonyl (C=O) groups is 2. The molecule has 0 amide bonds. The smallest absolute Gasteiger partial charge is 0.379 e. The maximum absolute atomic E-state index is 13.2. The van der Waals surface area contributed by atoms with Crippen LogP contribution in [0.15, 0.2) is 12.1 Å². The molecule has 0 heterocycles. The fourth-order valence-corrected chi connectivity index (χ4v) is 1.17. The zero-order chi connectivity index (χ0) is 13.9. The number of nitro benzene ring substituents is 1. The molecule has 0 aromatic heterocycles. The Labute approximate surface area is 99.9 Å². The van der Waals surface area contributed by atoms with Gasteiger partial charge in [-0.15, -0.1) is 0 Å². The molecular weight excluding hydrogens is 249 g/mol. The minimum atomic E-state index is -1.36. The summed E-state index contributed by atoms with van der Waals surface area (Å²) in [7, 11) is 0. The van der Waals surface area contributed by atoms with E-state index in [1.807, 2.05) is 0 Å². The molecule has 96 valence electrons. The molecule has 0 bridgehead atoms. The summed E-state index contributed by atoms with van der Waals surface area (Å²) < 4.78 is 17.5. The second kappa shape index (κ2) is 5.21. The van der Waals surface area contributed by atoms with Crippen molar-refractivity contribution in [3.63, 3.8) is 0 Å². The number of nitrogens with zero attached hydrogens (tertiary/aromatic N) is 1. The van der Waals surface area contributed by atoms with E-state index in [4.69, 9.17) is 0 Å². The van der Waals surface area contributed by atoms with E-state index in [0.717, 1.165) is 0 Å². The molecule has 0 unspecified atom stereocenters. The Morgan fingerprint density at radius 2 is 2.11 bits per heavy atom. The normalized spacial score (nSPS) is 9.89. The van der Waals surface area contributed by atoms with E-state index < -0.39 is 39.5 Å². The molecule has 0 aliphatic carbocycles. The van der Waals surface area contributed by atoms with Crippen LogP contribution >= 0.6 is 0 Å². The standard InChI is InChI=1S/C10H8FNO6/c1-2-18-10(15)9(14)6-3-5(12(16)17)4-7(11)8(6)13/h3-4,13H,2H2,1H3. The van der Waals surface area contributed by atoms with E-state index >= 15 is 0 Å². The number of hydrogen-bond donors (Lipinski definition) is 1. The topological polar surface area (TPSA) is 107 Å². The molecular formula is C10H8FNO6. The molecule has 7 nitrogen and oxygen atoms in total. The zero-order valence-corrected chi connectivity index (χ0v) is 9.18. The molecule has 0 aliphatic rings. The third-order valence-electron chi connectivity index (χ3n) is 1.96. The van der Waals surface area contributed by atoms with Crippen LogP contribution in [0, 0.1) is 15.9 Å². The van der Waals surface area contributed by atoms with E-state index in [0.29, 0.717) is 12.1 Å². The third kappa shape index (κ3) is 2.59. The summed E-state index contributed by atoms with van der Waals surface area (Å²) in [4.78, 5) is 32.1. The number of ether oxygens (including phenoxy) is 1. The first-order valence-electron chi connectivity index (χ1n) is 4.76. The molecule has 0 fully saturated rings. The van der Waals surface area contributed by atoms with Gasteiger partial charge in [0.2, 0.25) is 0 Å². The van der Waals surface area contributed by atoms with E-state index in [-0.39, 0.29) is 6.61 Å². The maximum Gasteiger partial charge on any atom is 0.379 e. The number of phenols is 1. The van der Waals surface area contributed by atoms with Crippen LogP contribution in [0.1, 0.15) is 17.3 Å². The fraction of sp³-hybridized carbons (Fsp3) is 0.200. The van der Waals surface area contributed by atoms with Gasteiger partial charge in [-0.05, 0) is 6.92 Å². The van der Waals surface area contributed by atoms with Crippen molar-refractivity contribution < 1.29 is 28.7 Å². The molecule has 0 saturated carbocycles. The lowest BCUT2D eigenvalue weighted by Gasteiger charge is -2.04. The van der Waals surface area contributed by atoms with Crippen molar-refractivity contribution in [1.29, 1.82) is 0 Å². The van der Waals surface area contributed by atoms with Crippen LogP contribution in [0.4, 0.5) is 10.1 Å². The van der Waals surface area contributed by atoms with Gasteiger partial charge in [-0.25, -0.2) is 9.18 Å². The Hall–Kier alpha value is -2.51. The van der Waals surface area contributed by atoms with Gasteiger partial charge in [0.1, 0.15) is 0 Å². The van der Waals surface area contributed by atoms with Crippen molar-refractivity contribution >= 4 is 17.4 Å². The van der Waals surface area contributed by atoms with Crippen molar-refractivity contribution in [2.45, 2.75) is 6.92 Å². The van der Waals surface area contributed by atoms with Gasteiger partial charge in [0, 0.05) is 6.07 Å². The Morgan fingerprint density at radius 3 is 2.61 bits per heavy atom. The van der Waals surface area contributed by atoms with Crippen molar-refractivity contribution in [3.05, 3.63) is 33.6 Å². The number of benzene rings is 1. The number of hydrogen-bond acceptors (Lipinski definition) is 6. The zero-order valence-electron chi connectivity index (χ0n) is 9.18. The average Bonchev–Trinajstić information content (AvgIpc) is 2.31. The van der Waals surface area contributed by atoms with Crippen molar-refractivity contribution in [1.82, 2.24) is 0 Å². The SMILES string of the molecule is CCOC(=O)C(=O)c1cc([N+](=O)[O-])cc(F)c1O. The summed E-state index contributed by atoms with van der Waals surface area (Å²) in [5.74, 6) is -5.17. The molecule has 0 atom stereocenters. The number of esters is 1. The van der Waals surface area contributed by atoms with Crippen LogP contribution in [-0.2, 0) is 9.53 Å². The lowest BCUT2D eigenvalue weighted by Crippen LogP contribution is -2.18. The highest BCUT2D eigenvalue weighted by atomic mass is 19.1. The lowest BCUT2D eigenvalue weighted by molar-refractivity contribution is -0.385. The number of carbonyl (C=O) groups excluding carboxylic acids is 2. The number of phenolic OH excluding ortho intramolecular Hbond substituents is 1. The first-order valence-corrected chi connectivity index (χ1v) is 4.76. The first kappa shape index (κ1) is 13.6. The van der Waals surface area contributed by atoms with E-state index in [9.17, 15) is 29.2 Å². The van der Waals surface area contributed by atoms with Gasteiger partial charge < -0.3 is 9.84 Å². The molecule has 1 N–H and O–H groups in total. The predicted molar refractivity (Wildman–Crippen MR) is 55.7 cm³/mol. The van der Waals surface area contributed by atoms with Gasteiger partial charge in [0.05, 0.1) is 23.2 Å². The fourth-order valence-electron chi connectivity index (χ4n) is 1.17. The Kier molecular flexibility index (Phi) is 3.93. The van der Waals surface area contributed by atoms with Crippen LogP contribution in [-0.4, -0.2) is 28.4 Å². The van der Waals surface area contributed by atoms with Crippen LogP contribution in [0.3, 0.4) is 0 Å². The van der Waals surface area contributed by atoms with Crippen LogP contribution in [0.25, 0.3) is 0 Å². The largest absolute Gasteiger partial charge is 0.504 e. The number of rotatable bonds is 4. The number of halogens is 1. The van der Waals surface area contributed by atoms with Gasteiger partial charge in [-0.3, -0.25) is 14.9 Å². The van der Waals surface area contributed by atoms with Crippen molar-refractivity contribution in [2.24, 2.45) is 0 Å². The molecule has 0 radical (unpaired) electrons. The summed E-state index contributed by atoms with van der Waals surface area (Å²) in [6.07, 6.45) is 0. The number of ketones is 1. The summed E-state index contributed by atoms with van der Waals surface area (Å²) >= 11 is 0. The summed E-state index contributed by atoms with van der Waals surface area (Å²) in [6, 6.07) is 1.05. The summed E-state index contributed by atoms with van der Waals surface area (Å²) in [5.41, 5.74) is -1.56. The van der Waals surface area contributed by atoms with Crippen molar-refractivity contribution in [3.8, 4) is 5.75 Å². The third-order valence-corrected chi connectivity index (χ3v) is 1.96. The highest BCUT2D eigenvalue weighted by Gasteiger charge is 2.26. The first-order chi connectivity index (χ1) is 8.38. The van der Waals surface area contributed by atoms with E-state index in [1.165, 1.54) is 6.92 Å². The quantitative estimate of drug-likeness (QED) is 0.285. The molecule has 0 spiro atoms. The highest BCUT2D eigenvalue weighted by molar-refractivity contribution is 6.41. The monoisotopic (exact) mass is 257 g/mol. The van der Waals surface area contributed by atoms with Gasteiger partial charge in [-0.2, -0.15) is 0 Å². The molecule has 0 aliphatic heterocycles. The molecule has 1 aromatic rings. The molecule has 1 rings (SSSR count). The number of non-ortho nitro benzene ring substituents is 1. The van der Waals surface area contributed by atoms with Crippen molar-refractivity contribution in [2.75, 3.05) is 6.61 Å². The Bertz CT molecular complexity index is 527. The highest BCUT2D eigenvalue weighted by Crippen LogP contribution is 2.27.